The van der Waals surface area contributed by atoms with Gasteiger partial charge < -0.3 is 0 Å². The largest absolute Gasteiger partial charge is 0.299 e. The monoisotopic (exact) mass is 294 g/mol. The molecule has 0 aliphatic rings. The van der Waals surface area contributed by atoms with E-state index in [2.05, 4.69) is 20.4 Å². The lowest BCUT2D eigenvalue weighted by atomic mass is 10.0. The van der Waals surface area contributed by atoms with E-state index >= 15 is 0 Å². The van der Waals surface area contributed by atoms with Gasteiger partial charge in [-0.05, 0) is 12.8 Å². The summed E-state index contributed by atoms with van der Waals surface area (Å²) in [6.45, 7) is 8.24. The average Bonchev–Trinajstić information content (AvgIpc) is 2.48. The van der Waals surface area contributed by atoms with Crippen LogP contribution in [0.4, 0.5) is 0 Å². The number of unbranched alkanes of at least 4 members (excludes halogenated alkanes) is 11. The Morgan fingerprint density at radius 2 is 1.14 bits per heavy atom. The first-order valence-corrected chi connectivity index (χ1v) is 9.39. The Bertz CT molecular complexity index is 255. The Hall–Kier alpha value is -0.590. The molecule has 0 amide bonds. The molecule has 0 aromatic rings. The molecule has 0 saturated carbocycles. The number of carbonyl (C=O) groups excluding carboxylic acids is 1. The van der Waals surface area contributed by atoms with E-state index in [1.807, 2.05) is 0 Å². The molecule has 0 heterocycles. The van der Waals surface area contributed by atoms with Crippen LogP contribution in [0.1, 0.15) is 110 Å². The lowest BCUT2D eigenvalue weighted by molar-refractivity contribution is -0.118. The summed E-state index contributed by atoms with van der Waals surface area (Å²) in [7, 11) is 0. The second kappa shape index (κ2) is 15.8. The van der Waals surface area contributed by atoms with Crippen LogP contribution in [-0.2, 0) is 4.79 Å². The quantitative estimate of drug-likeness (QED) is 0.221. The van der Waals surface area contributed by atoms with Crippen molar-refractivity contribution < 1.29 is 4.79 Å². The molecule has 0 aromatic heterocycles. The van der Waals surface area contributed by atoms with Crippen molar-refractivity contribution in [1.82, 2.24) is 0 Å². The number of allylic oxidation sites excluding steroid dienone is 1. The van der Waals surface area contributed by atoms with Crippen LogP contribution in [-0.4, -0.2) is 5.78 Å². The van der Waals surface area contributed by atoms with Crippen LogP contribution in [0, 0.1) is 0 Å². The molecule has 0 spiro atoms. The Balaban J connectivity index is 3.15. The molecule has 0 radical (unpaired) electrons. The zero-order valence-electron chi connectivity index (χ0n) is 14.7. The minimum atomic E-state index is 0.383. The number of hydrogen-bond donors (Lipinski definition) is 0. The van der Waals surface area contributed by atoms with Gasteiger partial charge >= 0.3 is 0 Å². The molecule has 0 bridgehead atoms. The van der Waals surface area contributed by atoms with E-state index < -0.39 is 0 Å². The topological polar surface area (TPSA) is 17.1 Å². The van der Waals surface area contributed by atoms with Crippen LogP contribution >= 0.6 is 0 Å². The fraction of sp³-hybridized carbons (Fsp3) is 0.850. The van der Waals surface area contributed by atoms with E-state index in [4.69, 9.17) is 0 Å². The minimum Gasteiger partial charge on any atom is -0.299 e. The van der Waals surface area contributed by atoms with Gasteiger partial charge in [-0.15, -0.1) is 0 Å². The summed E-state index contributed by atoms with van der Waals surface area (Å²) < 4.78 is 0. The molecule has 0 fully saturated rings. The molecule has 0 rings (SSSR count). The number of ketones is 1. The second-order valence-corrected chi connectivity index (χ2v) is 6.46. The highest BCUT2D eigenvalue weighted by molar-refractivity contribution is 5.80. The van der Waals surface area contributed by atoms with Crippen molar-refractivity contribution in [2.45, 2.75) is 110 Å². The van der Waals surface area contributed by atoms with Gasteiger partial charge in [0.2, 0.25) is 0 Å². The van der Waals surface area contributed by atoms with Gasteiger partial charge in [0, 0.05) is 12.8 Å². The van der Waals surface area contributed by atoms with Gasteiger partial charge in [0.15, 0.2) is 0 Å². The van der Waals surface area contributed by atoms with Crippen molar-refractivity contribution in [2.75, 3.05) is 0 Å². The summed E-state index contributed by atoms with van der Waals surface area (Å²) in [5.74, 6) is 0.383. The Labute approximate surface area is 133 Å². The third-order valence-corrected chi connectivity index (χ3v) is 4.26. The molecule has 21 heavy (non-hydrogen) atoms. The fourth-order valence-electron chi connectivity index (χ4n) is 2.66. The van der Waals surface area contributed by atoms with Gasteiger partial charge in [0.1, 0.15) is 5.78 Å². The van der Waals surface area contributed by atoms with Gasteiger partial charge in [-0.25, -0.2) is 0 Å². The number of hydrogen-bond acceptors (Lipinski definition) is 1. The van der Waals surface area contributed by atoms with Crippen molar-refractivity contribution in [3.63, 3.8) is 0 Å². The molecular formula is C20H38O. The summed E-state index contributed by atoms with van der Waals surface area (Å²) in [4.78, 5) is 11.6. The van der Waals surface area contributed by atoms with Gasteiger partial charge in [0.25, 0.3) is 0 Å². The molecule has 1 nitrogen and oxygen atoms in total. The maximum Gasteiger partial charge on any atom is 0.136 e. The zero-order valence-corrected chi connectivity index (χ0v) is 14.7. The lowest BCUT2D eigenvalue weighted by Gasteiger charge is -2.04. The molecule has 0 aromatic carbocycles. The molecule has 0 unspecified atom stereocenters. The van der Waals surface area contributed by atoms with Crippen LogP contribution in [0.3, 0.4) is 0 Å². The maximum atomic E-state index is 11.6. The standard InChI is InChI=1S/C20H38O/c1-4-6-7-8-9-10-11-12-13-14-15-16-17-20(21)18-19(3)5-2/h3-18H2,1-2H3. The molecule has 0 aliphatic heterocycles. The fourth-order valence-corrected chi connectivity index (χ4v) is 2.66. The predicted octanol–water partition coefficient (Wildman–Crippen LogP) is 7.00. The predicted molar refractivity (Wildman–Crippen MR) is 94.8 cm³/mol. The average molecular weight is 295 g/mol. The van der Waals surface area contributed by atoms with E-state index in [1.165, 1.54) is 70.6 Å². The van der Waals surface area contributed by atoms with E-state index in [0.717, 1.165) is 24.8 Å². The zero-order chi connectivity index (χ0) is 15.8. The molecular weight excluding hydrogens is 256 g/mol. The number of carbonyl (C=O) groups is 1. The van der Waals surface area contributed by atoms with Crippen molar-refractivity contribution in [3.8, 4) is 0 Å². The van der Waals surface area contributed by atoms with Crippen molar-refractivity contribution >= 4 is 5.78 Å². The Kier molecular flexibility index (Phi) is 15.3. The van der Waals surface area contributed by atoms with E-state index in [1.54, 1.807) is 0 Å². The van der Waals surface area contributed by atoms with Crippen molar-refractivity contribution in [2.24, 2.45) is 0 Å². The van der Waals surface area contributed by atoms with Crippen LogP contribution in [0.25, 0.3) is 0 Å². The summed E-state index contributed by atoms with van der Waals surface area (Å²) in [6.07, 6.45) is 18.5. The second-order valence-electron chi connectivity index (χ2n) is 6.46. The third kappa shape index (κ3) is 15.6. The first kappa shape index (κ1) is 20.4. The molecule has 0 aliphatic carbocycles. The van der Waals surface area contributed by atoms with Gasteiger partial charge in [-0.3, -0.25) is 4.79 Å². The van der Waals surface area contributed by atoms with Gasteiger partial charge in [-0.2, -0.15) is 0 Å². The van der Waals surface area contributed by atoms with Crippen molar-refractivity contribution in [1.29, 1.82) is 0 Å². The van der Waals surface area contributed by atoms with E-state index in [9.17, 15) is 4.79 Å². The molecule has 0 atom stereocenters. The molecule has 124 valence electrons. The van der Waals surface area contributed by atoms with Gasteiger partial charge in [0.05, 0.1) is 0 Å². The summed E-state index contributed by atoms with van der Waals surface area (Å²) in [6, 6.07) is 0. The Morgan fingerprint density at radius 3 is 1.57 bits per heavy atom. The first-order chi connectivity index (χ1) is 10.2. The summed E-state index contributed by atoms with van der Waals surface area (Å²) in [5, 5.41) is 0. The summed E-state index contributed by atoms with van der Waals surface area (Å²) >= 11 is 0. The van der Waals surface area contributed by atoms with E-state index in [0.29, 0.717) is 12.2 Å². The minimum absolute atomic E-state index is 0.383. The third-order valence-electron chi connectivity index (χ3n) is 4.26. The van der Waals surface area contributed by atoms with Crippen LogP contribution in [0.2, 0.25) is 0 Å². The highest BCUT2D eigenvalue weighted by Crippen LogP contribution is 2.13. The molecule has 0 saturated heterocycles. The summed E-state index contributed by atoms with van der Waals surface area (Å²) in [5.41, 5.74) is 1.08. The molecule has 0 N–H and O–H groups in total. The first-order valence-electron chi connectivity index (χ1n) is 9.39. The molecule has 1 heteroatoms. The highest BCUT2D eigenvalue weighted by Gasteiger charge is 2.03. The van der Waals surface area contributed by atoms with Crippen LogP contribution in [0.5, 0.6) is 0 Å². The number of rotatable bonds is 16. The Morgan fingerprint density at radius 1 is 0.714 bits per heavy atom. The van der Waals surface area contributed by atoms with Crippen LogP contribution in [0.15, 0.2) is 12.2 Å². The maximum absolute atomic E-state index is 11.6. The van der Waals surface area contributed by atoms with Crippen LogP contribution < -0.4 is 0 Å². The van der Waals surface area contributed by atoms with Crippen molar-refractivity contribution in [3.05, 3.63) is 12.2 Å². The SMILES string of the molecule is C=C(CC)CC(=O)CCCCCCCCCCCCCC. The number of Topliss-reactive ketones (excluding diaryl/α,β-unsaturated/α-hetero) is 1. The normalized spacial score (nSPS) is 10.8. The van der Waals surface area contributed by atoms with E-state index in [-0.39, 0.29) is 0 Å². The lowest BCUT2D eigenvalue weighted by Crippen LogP contribution is -1.98. The smallest absolute Gasteiger partial charge is 0.136 e. The van der Waals surface area contributed by atoms with Gasteiger partial charge in [-0.1, -0.05) is 96.6 Å². The highest BCUT2D eigenvalue weighted by atomic mass is 16.1.